The van der Waals surface area contributed by atoms with Crippen LogP contribution in [0.2, 0.25) is 5.02 Å². The van der Waals surface area contributed by atoms with E-state index in [2.05, 4.69) is 15.3 Å². The molecule has 2 heterocycles. The Morgan fingerprint density at radius 3 is 2.78 bits per heavy atom. The van der Waals surface area contributed by atoms with Crippen molar-refractivity contribution < 1.29 is 35.6 Å². The Bertz CT molecular complexity index is 1310. The molecule has 0 atom stereocenters. The second kappa shape index (κ2) is 14.3. The van der Waals surface area contributed by atoms with Gasteiger partial charge in [-0.15, -0.1) is 6.54 Å². The van der Waals surface area contributed by atoms with Gasteiger partial charge in [0.15, 0.2) is 5.76 Å². The average molecular weight is 677 g/mol. The van der Waals surface area contributed by atoms with Crippen molar-refractivity contribution in [1.82, 2.24) is 9.97 Å². The summed E-state index contributed by atoms with van der Waals surface area (Å²) >= 11 is 6.45. The van der Waals surface area contributed by atoms with Crippen LogP contribution in [0.1, 0.15) is 22.4 Å². The maximum absolute atomic E-state index is 9.04. The van der Waals surface area contributed by atoms with Crippen LogP contribution >= 0.6 is 11.6 Å². The minimum atomic E-state index is 0. The van der Waals surface area contributed by atoms with Gasteiger partial charge >= 0.3 is 0 Å². The third kappa shape index (κ3) is 7.09. The van der Waals surface area contributed by atoms with Gasteiger partial charge in [0.2, 0.25) is 0 Å². The van der Waals surface area contributed by atoms with E-state index in [1.54, 1.807) is 37.8 Å². The van der Waals surface area contributed by atoms with Crippen LogP contribution in [0.5, 0.6) is 5.75 Å². The zero-order valence-electron chi connectivity index (χ0n) is 20.2. The number of aryl methyl sites for hydroxylation is 1. The fourth-order valence-electron chi connectivity index (χ4n) is 3.45. The first-order valence-electron chi connectivity index (χ1n) is 10.7. The smallest absolute Gasteiger partial charge is 0.151 e. The summed E-state index contributed by atoms with van der Waals surface area (Å²) in [5.41, 5.74) is 10.4. The number of ether oxygens (including phenoxy) is 2. The molecule has 2 aromatic heterocycles. The third-order valence-corrected chi connectivity index (χ3v) is 5.46. The zero-order valence-corrected chi connectivity index (χ0v) is 23.9. The van der Waals surface area contributed by atoms with Gasteiger partial charge < -0.3 is 25.6 Å². The molecule has 0 aliphatic rings. The number of nitrogens with zero attached hydrogens (tertiary/aromatic N) is 4. The second-order valence-electron chi connectivity index (χ2n) is 7.37. The summed E-state index contributed by atoms with van der Waals surface area (Å²) < 4.78 is 11.2. The number of methoxy groups -OCH3 is 1. The summed E-state index contributed by atoms with van der Waals surface area (Å²) in [7, 11) is 3.18. The molecule has 10 heteroatoms. The molecule has 0 aliphatic heterocycles. The predicted molar refractivity (Wildman–Crippen MR) is 140 cm³/mol. The van der Waals surface area contributed by atoms with Crippen molar-refractivity contribution >= 4 is 28.2 Å². The SMILES string of the molecule is CN=C(/C=C\N)c1cc(C)nc2c(OCc3c(Cl)cncc3C[N-]/C=C\C(=C/O)OC)cccc12.[W]. The Labute approximate surface area is 229 Å². The zero-order chi connectivity index (χ0) is 25.2. The molecule has 36 heavy (non-hydrogen) atoms. The van der Waals surface area contributed by atoms with Gasteiger partial charge in [0.25, 0.3) is 0 Å². The van der Waals surface area contributed by atoms with Gasteiger partial charge in [-0.05, 0) is 43.0 Å². The van der Waals surface area contributed by atoms with Gasteiger partial charge in [0.05, 0.1) is 17.8 Å². The molecule has 0 saturated carbocycles. The van der Waals surface area contributed by atoms with E-state index < -0.39 is 0 Å². The predicted octanol–water partition coefficient (Wildman–Crippen LogP) is 5.49. The summed E-state index contributed by atoms with van der Waals surface area (Å²) in [6.45, 7) is 2.45. The van der Waals surface area contributed by atoms with Crippen LogP contribution in [0.4, 0.5) is 0 Å². The standard InChI is InChI=1S/C26H27ClN5O3.W/c1-17-11-21(24(29-2)7-9-28)20-5-4-6-25(26(20)32-17)35-16-22-18(13-31-14-23(22)27)12-30-10-8-19(15-33)34-3;/h4-11,13-15H,12,16H2,1-3H3,(H3-,28,29,30,32,33);/q-1;. The summed E-state index contributed by atoms with van der Waals surface area (Å²) in [5.74, 6) is 0.908. The Morgan fingerprint density at radius 1 is 1.28 bits per heavy atom. The fourth-order valence-corrected chi connectivity index (χ4v) is 3.68. The minimum Gasteiger partial charge on any atom is -0.687 e. The molecule has 8 nitrogen and oxygen atoms in total. The average Bonchev–Trinajstić information content (AvgIpc) is 2.86. The summed E-state index contributed by atoms with van der Waals surface area (Å²) in [4.78, 5) is 13.3. The number of pyridine rings is 2. The topological polar surface area (TPSA) is 117 Å². The van der Waals surface area contributed by atoms with E-state index in [0.717, 1.165) is 45.3 Å². The monoisotopic (exact) mass is 676 g/mol. The van der Waals surface area contributed by atoms with Gasteiger partial charge in [-0.1, -0.05) is 23.7 Å². The molecular weight excluding hydrogens is 650 g/mol. The summed E-state index contributed by atoms with van der Waals surface area (Å²) in [6, 6.07) is 7.73. The summed E-state index contributed by atoms with van der Waals surface area (Å²) in [6.07, 6.45) is 10.4. The Balaban J connectivity index is 0.00000456. The number of para-hydroxylation sites is 1. The van der Waals surface area contributed by atoms with Crippen molar-refractivity contribution in [3.05, 3.63) is 106 Å². The van der Waals surface area contributed by atoms with E-state index in [-0.39, 0.29) is 33.4 Å². The molecular formula is C26H27ClN5O3W-. The third-order valence-electron chi connectivity index (χ3n) is 5.14. The molecule has 0 unspecified atom stereocenters. The number of aromatic nitrogens is 2. The summed E-state index contributed by atoms with van der Waals surface area (Å²) in [5, 5.41) is 14.8. The van der Waals surface area contributed by atoms with Crippen LogP contribution in [0.15, 0.2) is 78.2 Å². The van der Waals surface area contributed by atoms with Crippen molar-refractivity contribution in [2.75, 3.05) is 14.2 Å². The first-order chi connectivity index (χ1) is 17.0. The molecule has 0 radical (unpaired) electrons. The number of aliphatic imine (C=N–C) groups is 1. The molecule has 0 aliphatic carbocycles. The number of nitrogens with two attached hydrogens (primary N) is 1. The van der Waals surface area contributed by atoms with Crippen molar-refractivity contribution in [3.8, 4) is 5.75 Å². The number of aliphatic hydroxyl groups excluding tert-OH is 1. The molecule has 188 valence electrons. The molecule has 0 amide bonds. The number of aliphatic hydroxyl groups is 1. The van der Waals surface area contributed by atoms with E-state index >= 15 is 0 Å². The van der Waals surface area contributed by atoms with Crippen LogP contribution in [0.3, 0.4) is 0 Å². The number of benzene rings is 1. The Morgan fingerprint density at radius 2 is 2.08 bits per heavy atom. The van der Waals surface area contributed by atoms with Gasteiger partial charge in [-0.3, -0.25) is 9.98 Å². The van der Waals surface area contributed by atoms with Gasteiger partial charge in [-0.2, -0.15) is 6.20 Å². The van der Waals surface area contributed by atoms with Gasteiger partial charge in [0.1, 0.15) is 24.1 Å². The van der Waals surface area contributed by atoms with E-state index in [4.69, 9.17) is 36.9 Å². The van der Waals surface area contributed by atoms with Gasteiger partial charge in [-0.25, -0.2) is 4.98 Å². The first-order valence-corrected chi connectivity index (χ1v) is 11.1. The maximum atomic E-state index is 9.04. The number of halogens is 1. The normalized spacial score (nSPS) is 12.2. The van der Waals surface area contributed by atoms with Gasteiger partial charge in [0, 0.05) is 62.7 Å². The van der Waals surface area contributed by atoms with Crippen molar-refractivity contribution in [2.24, 2.45) is 10.7 Å². The molecule has 3 rings (SSSR count). The number of allylic oxidation sites excluding steroid dienone is 2. The van der Waals surface area contributed by atoms with E-state index in [1.165, 1.54) is 13.3 Å². The largest absolute Gasteiger partial charge is 0.687 e. The van der Waals surface area contributed by atoms with Crippen LogP contribution < -0.4 is 10.5 Å². The van der Waals surface area contributed by atoms with Crippen LogP contribution in [0.25, 0.3) is 16.2 Å². The molecule has 0 bridgehead atoms. The number of rotatable bonds is 10. The molecule has 0 spiro atoms. The quantitative estimate of drug-likeness (QED) is 0.167. The van der Waals surface area contributed by atoms with Crippen LogP contribution in [-0.2, 0) is 39.0 Å². The van der Waals surface area contributed by atoms with Crippen LogP contribution in [-0.4, -0.2) is 34.9 Å². The van der Waals surface area contributed by atoms with Crippen LogP contribution in [0, 0.1) is 6.92 Å². The minimum absolute atomic E-state index is 0. The van der Waals surface area contributed by atoms with E-state index in [1.807, 2.05) is 31.2 Å². The molecule has 0 fully saturated rings. The van der Waals surface area contributed by atoms with Crippen molar-refractivity contribution in [1.29, 1.82) is 0 Å². The first kappa shape index (κ1) is 28.9. The molecule has 3 aromatic rings. The number of hydrogen-bond acceptors (Lipinski definition) is 7. The molecule has 3 N–H and O–H groups in total. The Kier molecular flexibility index (Phi) is 11.4. The molecule has 0 saturated heterocycles. The van der Waals surface area contributed by atoms with E-state index in [0.29, 0.717) is 17.3 Å². The molecule has 1 aromatic carbocycles. The number of hydrogen-bond donors (Lipinski definition) is 2. The number of fused-ring (bicyclic) bond motifs is 1. The van der Waals surface area contributed by atoms with E-state index in [9.17, 15) is 0 Å². The fraction of sp³-hybridized carbons (Fsp3) is 0.192. The maximum Gasteiger partial charge on any atom is 0.151 e. The Hall–Kier alpha value is -3.35. The second-order valence-corrected chi connectivity index (χ2v) is 7.78. The van der Waals surface area contributed by atoms with Crippen molar-refractivity contribution in [2.45, 2.75) is 20.1 Å². The van der Waals surface area contributed by atoms with Crippen molar-refractivity contribution in [3.63, 3.8) is 0 Å².